The molecule has 1 aliphatic rings. The van der Waals surface area contributed by atoms with Crippen LogP contribution in [0.1, 0.15) is 41.4 Å². The first-order chi connectivity index (χ1) is 16.5. The van der Waals surface area contributed by atoms with Gasteiger partial charge >= 0.3 is 0 Å². The van der Waals surface area contributed by atoms with Crippen molar-refractivity contribution < 1.29 is 19.2 Å². The summed E-state index contributed by atoms with van der Waals surface area (Å²) in [6, 6.07) is 11.8. The molecule has 0 bridgehead atoms. The lowest BCUT2D eigenvalue weighted by Gasteiger charge is -2.29. The molecule has 12 heteroatoms. The van der Waals surface area contributed by atoms with Crippen molar-refractivity contribution in [3.8, 4) is 0 Å². The highest BCUT2D eigenvalue weighted by Crippen LogP contribution is 2.45. The summed E-state index contributed by atoms with van der Waals surface area (Å²) in [5.41, 5.74) is -0.549. The van der Waals surface area contributed by atoms with E-state index in [1.54, 1.807) is 6.07 Å². The van der Waals surface area contributed by atoms with E-state index in [0.29, 0.717) is 15.0 Å². The standard InChI is InChI=1S/C23H10Cl6N2O4/c24-11-7-5-10(6-8-11)14(32)9-30(21(33)12-3-1-2-4-13(12)25)31-22(34)15-16(23(31)35)18(27)20(29)19(28)17(15)26/h1-8H,9H2. The van der Waals surface area contributed by atoms with Crippen LogP contribution in [0.3, 0.4) is 0 Å². The van der Waals surface area contributed by atoms with E-state index in [0.717, 1.165) is 0 Å². The zero-order valence-corrected chi connectivity index (χ0v) is 21.7. The highest BCUT2D eigenvalue weighted by Gasteiger charge is 2.46. The van der Waals surface area contributed by atoms with Gasteiger partial charge in [-0.05, 0) is 36.4 Å². The van der Waals surface area contributed by atoms with E-state index in [1.165, 1.54) is 42.5 Å². The summed E-state index contributed by atoms with van der Waals surface area (Å²) in [6.07, 6.45) is 0. The van der Waals surface area contributed by atoms with Crippen molar-refractivity contribution in [2.24, 2.45) is 0 Å². The number of fused-ring (bicyclic) bond motifs is 1. The number of ketones is 1. The van der Waals surface area contributed by atoms with E-state index < -0.39 is 30.0 Å². The Morgan fingerprint density at radius 3 is 1.74 bits per heavy atom. The van der Waals surface area contributed by atoms with Crippen LogP contribution in [0.15, 0.2) is 48.5 Å². The summed E-state index contributed by atoms with van der Waals surface area (Å²) in [7, 11) is 0. The normalized spacial score (nSPS) is 12.7. The van der Waals surface area contributed by atoms with E-state index in [1.807, 2.05) is 0 Å². The number of hydrazine groups is 1. The van der Waals surface area contributed by atoms with Gasteiger partial charge in [-0.3, -0.25) is 19.2 Å². The molecule has 0 aromatic heterocycles. The van der Waals surface area contributed by atoms with Crippen molar-refractivity contribution in [2.45, 2.75) is 0 Å². The Morgan fingerprint density at radius 2 is 1.23 bits per heavy atom. The lowest BCUT2D eigenvalue weighted by atomic mass is 10.1. The van der Waals surface area contributed by atoms with Gasteiger partial charge in [0.25, 0.3) is 17.7 Å². The fourth-order valence-corrected chi connectivity index (χ4v) is 4.78. The molecule has 0 aliphatic carbocycles. The molecule has 0 unspecified atom stereocenters. The van der Waals surface area contributed by atoms with Crippen LogP contribution in [0.5, 0.6) is 0 Å². The van der Waals surface area contributed by atoms with Crippen molar-refractivity contribution in [3.63, 3.8) is 0 Å². The molecule has 0 N–H and O–H groups in total. The number of rotatable bonds is 5. The highest BCUT2D eigenvalue weighted by molar-refractivity contribution is 6.55. The lowest BCUT2D eigenvalue weighted by Crippen LogP contribution is -2.51. The second kappa shape index (κ2) is 9.97. The molecule has 178 valence electrons. The fraction of sp³-hybridized carbons (Fsp3) is 0.0435. The fourth-order valence-electron chi connectivity index (χ4n) is 3.43. The number of halogens is 6. The summed E-state index contributed by atoms with van der Waals surface area (Å²) in [5.74, 6) is -3.51. The summed E-state index contributed by atoms with van der Waals surface area (Å²) in [5, 5.41) is 0.496. The molecule has 3 aromatic rings. The predicted octanol–water partition coefficient (Wildman–Crippen LogP) is 7.14. The number of imide groups is 1. The number of nitrogens with zero attached hydrogens (tertiary/aromatic N) is 2. The van der Waals surface area contributed by atoms with Gasteiger partial charge in [0.2, 0.25) is 0 Å². The maximum Gasteiger partial charge on any atom is 0.282 e. The number of carbonyl (C=O) groups excluding carboxylic acids is 4. The third kappa shape index (κ3) is 4.51. The summed E-state index contributed by atoms with van der Waals surface area (Å²) >= 11 is 36.6. The van der Waals surface area contributed by atoms with E-state index in [4.69, 9.17) is 69.6 Å². The van der Waals surface area contributed by atoms with Crippen LogP contribution in [-0.4, -0.2) is 40.1 Å². The number of amides is 3. The molecule has 35 heavy (non-hydrogen) atoms. The van der Waals surface area contributed by atoms with Gasteiger partial charge in [0.1, 0.15) is 6.54 Å². The van der Waals surface area contributed by atoms with Crippen molar-refractivity contribution in [1.82, 2.24) is 10.0 Å². The number of hydrogen-bond acceptors (Lipinski definition) is 4. The summed E-state index contributed by atoms with van der Waals surface area (Å²) in [6.45, 7) is -0.701. The zero-order valence-electron chi connectivity index (χ0n) is 17.1. The highest BCUT2D eigenvalue weighted by atomic mass is 35.5. The molecular weight excluding hydrogens is 581 g/mol. The molecule has 0 fully saturated rings. The van der Waals surface area contributed by atoms with Crippen LogP contribution in [0, 0.1) is 0 Å². The van der Waals surface area contributed by atoms with Gasteiger partial charge < -0.3 is 0 Å². The summed E-state index contributed by atoms with van der Waals surface area (Å²) in [4.78, 5) is 53.3. The molecule has 0 radical (unpaired) electrons. The number of carbonyl (C=O) groups is 4. The topological polar surface area (TPSA) is 74.8 Å². The molecule has 0 saturated heterocycles. The minimum Gasteiger partial charge on any atom is -0.292 e. The molecule has 0 spiro atoms. The van der Waals surface area contributed by atoms with Gasteiger partial charge in [-0.2, -0.15) is 5.01 Å². The Bertz CT molecular complexity index is 1380. The molecule has 6 nitrogen and oxygen atoms in total. The van der Waals surface area contributed by atoms with Gasteiger partial charge in [0.05, 0.1) is 41.8 Å². The van der Waals surface area contributed by atoms with Crippen LogP contribution < -0.4 is 0 Å². The lowest BCUT2D eigenvalue weighted by molar-refractivity contribution is 0.00533. The predicted molar refractivity (Wildman–Crippen MR) is 135 cm³/mol. The number of hydrogen-bond donors (Lipinski definition) is 0. The number of Topliss-reactive ketones (excluding diaryl/α,β-unsaturated/α-hetero) is 1. The van der Waals surface area contributed by atoms with Gasteiger partial charge in [-0.15, -0.1) is 0 Å². The molecule has 0 saturated carbocycles. The van der Waals surface area contributed by atoms with Gasteiger partial charge in [-0.1, -0.05) is 81.7 Å². The largest absolute Gasteiger partial charge is 0.292 e. The Kier molecular flexibility index (Phi) is 7.34. The molecule has 3 aromatic carbocycles. The average molecular weight is 591 g/mol. The van der Waals surface area contributed by atoms with Crippen molar-refractivity contribution in [1.29, 1.82) is 0 Å². The second-order valence-corrected chi connectivity index (χ2v) is 9.56. The maximum atomic E-state index is 13.5. The maximum absolute atomic E-state index is 13.5. The SMILES string of the molecule is O=C(CN(C(=O)c1ccccc1Cl)N1C(=O)c2c(Cl)c(Cl)c(Cl)c(Cl)c2C1=O)c1ccc(Cl)cc1. The Hall–Kier alpha value is -2.32. The van der Waals surface area contributed by atoms with Crippen molar-refractivity contribution in [2.75, 3.05) is 6.54 Å². The van der Waals surface area contributed by atoms with Gasteiger partial charge in [0.15, 0.2) is 5.78 Å². The third-order valence-electron chi connectivity index (χ3n) is 5.12. The minimum atomic E-state index is -1.01. The van der Waals surface area contributed by atoms with Crippen LogP contribution >= 0.6 is 69.6 Å². The summed E-state index contributed by atoms with van der Waals surface area (Å²) < 4.78 is 0. The van der Waals surface area contributed by atoms with E-state index >= 15 is 0 Å². The second-order valence-electron chi connectivity index (χ2n) is 7.20. The smallest absolute Gasteiger partial charge is 0.282 e. The molecule has 4 rings (SSSR count). The van der Waals surface area contributed by atoms with Crippen molar-refractivity contribution >= 4 is 93.1 Å². The molecule has 3 amide bonds. The third-order valence-corrected chi connectivity index (χ3v) is 7.50. The minimum absolute atomic E-state index is 0.0419. The molecule has 0 atom stereocenters. The average Bonchev–Trinajstić information content (AvgIpc) is 3.10. The quantitative estimate of drug-likeness (QED) is 0.137. The Labute approximate surface area is 228 Å². The first kappa shape index (κ1) is 25.8. The van der Waals surface area contributed by atoms with Gasteiger partial charge in [0, 0.05) is 10.6 Å². The van der Waals surface area contributed by atoms with E-state index in [2.05, 4.69) is 0 Å². The number of benzene rings is 3. The first-order valence-corrected chi connectivity index (χ1v) is 11.9. The van der Waals surface area contributed by atoms with E-state index in [9.17, 15) is 19.2 Å². The van der Waals surface area contributed by atoms with Crippen LogP contribution in [0.2, 0.25) is 30.1 Å². The van der Waals surface area contributed by atoms with Gasteiger partial charge in [-0.25, -0.2) is 5.01 Å². The monoisotopic (exact) mass is 588 g/mol. The Balaban J connectivity index is 1.83. The van der Waals surface area contributed by atoms with Crippen molar-refractivity contribution in [3.05, 3.63) is 101 Å². The first-order valence-electron chi connectivity index (χ1n) is 9.64. The molecule has 1 aliphatic heterocycles. The zero-order chi connectivity index (χ0) is 25.6. The molecular formula is C23H10Cl6N2O4. The van der Waals surface area contributed by atoms with Crippen LogP contribution in [0.4, 0.5) is 0 Å². The van der Waals surface area contributed by atoms with Crippen LogP contribution in [0.25, 0.3) is 0 Å². The molecule has 1 heterocycles. The Morgan fingerprint density at radius 1 is 0.714 bits per heavy atom. The van der Waals surface area contributed by atoms with Crippen LogP contribution in [-0.2, 0) is 0 Å². The van der Waals surface area contributed by atoms with E-state index in [-0.39, 0.29) is 47.4 Å².